The lowest BCUT2D eigenvalue weighted by molar-refractivity contribution is 0.955. The minimum atomic E-state index is 0.815. The molecule has 0 unspecified atom stereocenters. The largest absolute Gasteiger partial charge is 0.370 e. The summed E-state index contributed by atoms with van der Waals surface area (Å²) in [6.07, 6.45) is 1.09. The number of hydrogen-bond acceptors (Lipinski definition) is 4. The average Bonchev–Trinajstić information content (AvgIpc) is 2.96. The highest BCUT2D eigenvalue weighted by Crippen LogP contribution is 2.35. The van der Waals surface area contributed by atoms with Crippen LogP contribution in [0.2, 0.25) is 0 Å². The zero-order chi connectivity index (χ0) is 14.8. The normalized spacial score (nSPS) is 13.3. The van der Waals surface area contributed by atoms with Gasteiger partial charge in [0.25, 0.3) is 0 Å². The number of thioether (sulfide) groups is 1. The number of fused-ring (bicyclic) bond motifs is 1. The van der Waals surface area contributed by atoms with Crippen LogP contribution in [0, 0.1) is 6.92 Å². The number of nitrogens with zero attached hydrogens (tertiary/aromatic N) is 2. The number of benzene rings is 1. The smallest absolute Gasteiger partial charge is 0.161 e. The molecule has 2 heterocycles. The number of anilines is 1. The predicted molar refractivity (Wildman–Crippen MR) is 93.7 cm³/mol. The van der Waals surface area contributed by atoms with Gasteiger partial charge in [-0.1, -0.05) is 35.0 Å². The lowest BCUT2D eigenvalue weighted by Gasteiger charge is -2.12. The fourth-order valence-corrected chi connectivity index (χ4v) is 3.72. The fourth-order valence-electron chi connectivity index (χ4n) is 2.30. The van der Waals surface area contributed by atoms with Crippen LogP contribution in [-0.2, 0) is 11.5 Å². The second kappa shape index (κ2) is 6.36. The Labute approximate surface area is 138 Å². The zero-order valence-corrected chi connectivity index (χ0v) is 14.6. The highest BCUT2D eigenvalue weighted by atomic mass is 79.9. The van der Waals surface area contributed by atoms with E-state index in [9.17, 15) is 0 Å². The van der Waals surface area contributed by atoms with Gasteiger partial charge in [0.1, 0.15) is 5.82 Å². The van der Waals surface area contributed by atoms with Gasteiger partial charge in [0.05, 0.1) is 5.69 Å². The van der Waals surface area contributed by atoms with Crippen molar-refractivity contribution in [1.82, 2.24) is 9.97 Å². The first-order chi connectivity index (χ1) is 10.2. The minimum absolute atomic E-state index is 0.815. The fraction of sp³-hybridized carbons (Fsp3) is 0.375. The molecule has 1 aliphatic rings. The monoisotopic (exact) mass is 363 g/mol. The maximum atomic E-state index is 4.77. The molecule has 1 N–H and O–H groups in total. The standard InChI is InChI=1S/C16H18BrN3S/c1-3-6-18-16-12-8-21-9-14(12)19-15(20-16)11-5-4-10(2)13(17)7-11/h4-5,7H,3,6,8-9H2,1-2H3,(H,18,19,20). The molecule has 5 heteroatoms. The first-order valence-electron chi connectivity index (χ1n) is 7.17. The van der Waals surface area contributed by atoms with Crippen molar-refractivity contribution in [2.45, 2.75) is 31.8 Å². The summed E-state index contributed by atoms with van der Waals surface area (Å²) in [5.41, 5.74) is 4.75. The summed E-state index contributed by atoms with van der Waals surface area (Å²) in [5, 5.41) is 3.45. The second-order valence-electron chi connectivity index (χ2n) is 5.20. The van der Waals surface area contributed by atoms with E-state index in [1.165, 1.54) is 16.8 Å². The van der Waals surface area contributed by atoms with E-state index < -0.39 is 0 Å². The SMILES string of the molecule is CCCNc1nc(-c2ccc(C)c(Br)c2)nc2c1CSC2. The summed E-state index contributed by atoms with van der Waals surface area (Å²) < 4.78 is 1.10. The summed E-state index contributed by atoms with van der Waals surface area (Å²) in [7, 11) is 0. The third kappa shape index (κ3) is 3.09. The topological polar surface area (TPSA) is 37.8 Å². The molecule has 0 amide bonds. The van der Waals surface area contributed by atoms with Gasteiger partial charge in [-0.05, 0) is 25.0 Å². The van der Waals surface area contributed by atoms with Gasteiger partial charge in [-0.3, -0.25) is 0 Å². The summed E-state index contributed by atoms with van der Waals surface area (Å²) in [4.78, 5) is 9.54. The molecule has 0 spiro atoms. The van der Waals surface area contributed by atoms with Crippen molar-refractivity contribution < 1.29 is 0 Å². The molecule has 2 aromatic rings. The third-order valence-electron chi connectivity index (χ3n) is 3.55. The summed E-state index contributed by atoms with van der Waals surface area (Å²) in [5.74, 6) is 3.83. The molecule has 1 aromatic heterocycles. The summed E-state index contributed by atoms with van der Waals surface area (Å²) in [6.45, 7) is 5.20. The van der Waals surface area contributed by atoms with Crippen molar-refractivity contribution in [2.24, 2.45) is 0 Å². The van der Waals surface area contributed by atoms with Gasteiger partial charge < -0.3 is 5.32 Å². The number of halogens is 1. The Morgan fingerprint density at radius 3 is 2.90 bits per heavy atom. The van der Waals surface area contributed by atoms with Crippen LogP contribution in [0.1, 0.15) is 30.2 Å². The number of aryl methyl sites for hydroxylation is 1. The van der Waals surface area contributed by atoms with E-state index in [4.69, 9.17) is 9.97 Å². The van der Waals surface area contributed by atoms with Crippen LogP contribution in [0.15, 0.2) is 22.7 Å². The second-order valence-corrected chi connectivity index (χ2v) is 7.04. The highest BCUT2D eigenvalue weighted by molar-refractivity contribution is 9.10. The highest BCUT2D eigenvalue weighted by Gasteiger charge is 2.20. The lowest BCUT2D eigenvalue weighted by Crippen LogP contribution is -2.08. The molecule has 1 aromatic carbocycles. The molecule has 3 rings (SSSR count). The van der Waals surface area contributed by atoms with Crippen molar-refractivity contribution in [3.63, 3.8) is 0 Å². The van der Waals surface area contributed by atoms with Gasteiger partial charge in [0.15, 0.2) is 5.82 Å². The van der Waals surface area contributed by atoms with Crippen LogP contribution >= 0.6 is 27.7 Å². The lowest BCUT2D eigenvalue weighted by atomic mass is 10.1. The molecular formula is C16H18BrN3S. The minimum Gasteiger partial charge on any atom is -0.370 e. The Balaban J connectivity index is 2.04. The molecular weight excluding hydrogens is 346 g/mol. The summed E-state index contributed by atoms with van der Waals surface area (Å²) >= 11 is 5.50. The molecule has 0 radical (unpaired) electrons. The van der Waals surface area contributed by atoms with Gasteiger partial charge in [-0.2, -0.15) is 11.8 Å². The van der Waals surface area contributed by atoms with Crippen LogP contribution in [-0.4, -0.2) is 16.5 Å². The zero-order valence-electron chi connectivity index (χ0n) is 12.2. The molecule has 0 saturated carbocycles. The molecule has 0 atom stereocenters. The maximum absolute atomic E-state index is 4.77. The van der Waals surface area contributed by atoms with Crippen molar-refractivity contribution >= 4 is 33.5 Å². The van der Waals surface area contributed by atoms with Crippen molar-refractivity contribution in [3.05, 3.63) is 39.5 Å². The van der Waals surface area contributed by atoms with Crippen LogP contribution in [0.4, 0.5) is 5.82 Å². The van der Waals surface area contributed by atoms with E-state index in [1.54, 1.807) is 0 Å². The van der Waals surface area contributed by atoms with Crippen molar-refractivity contribution in [3.8, 4) is 11.4 Å². The molecule has 110 valence electrons. The Kier molecular flexibility index (Phi) is 4.50. The van der Waals surface area contributed by atoms with E-state index in [2.05, 4.69) is 53.3 Å². The van der Waals surface area contributed by atoms with Crippen molar-refractivity contribution in [2.75, 3.05) is 11.9 Å². The molecule has 0 fully saturated rings. The van der Waals surface area contributed by atoms with Crippen LogP contribution in [0.3, 0.4) is 0 Å². The molecule has 0 aliphatic carbocycles. The van der Waals surface area contributed by atoms with Gasteiger partial charge in [-0.25, -0.2) is 9.97 Å². The Bertz CT molecular complexity index is 673. The van der Waals surface area contributed by atoms with E-state index >= 15 is 0 Å². The Morgan fingerprint density at radius 2 is 2.14 bits per heavy atom. The Hall–Kier alpha value is -1.07. The average molecular weight is 364 g/mol. The first-order valence-corrected chi connectivity index (χ1v) is 9.11. The van der Waals surface area contributed by atoms with Gasteiger partial charge >= 0.3 is 0 Å². The number of nitrogens with one attached hydrogen (secondary N) is 1. The van der Waals surface area contributed by atoms with E-state index in [0.717, 1.165) is 46.1 Å². The maximum Gasteiger partial charge on any atom is 0.161 e. The third-order valence-corrected chi connectivity index (χ3v) is 5.38. The van der Waals surface area contributed by atoms with Gasteiger partial charge in [0.2, 0.25) is 0 Å². The van der Waals surface area contributed by atoms with Crippen LogP contribution in [0.5, 0.6) is 0 Å². The Morgan fingerprint density at radius 1 is 1.29 bits per heavy atom. The molecule has 21 heavy (non-hydrogen) atoms. The van der Waals surface area contributed by atoms with E-state index in [-0.39, 0.29) is 0 Å². The quantitative estimate of drug-likeness (QED) is 0.847. The van der Waals surface area contributed by atoms with Gasteiger partial charge in [-0.15, -0.1) is 0 Å². The van der Waals surface area contributed by atoms with E-state index in [1.807, 2.05) is 11.8 Å². The number of aromatic nitrogens is 2. The van der Waals surface area contributed by atoms with E-state index in [0.29, 0.717) is 0 Å². The number of rotatable bonds is 4. The van der Waals surface area contributed by atoms with Gasteiger partial charge in [0, 0.05) is 33.7 Å². The van der Waals surface area contributed by atoms with Crippen LogP contribution in [0.25, 0.3) is 11.4 Å². The molecule has 0 bridgehead atoms. The molecule has 3 nitrogen and oxygen atoms in total. The number of hydrogen-bond donors (Lipinski definition) is 1. The molecule has 1 aliphatic heterocycles. The first kappa shape index (κ1) is 14.9. The van der Waals surface area contributed by atoms with Crippen molar-refractivity contribution in [1.29, 1.82) is 0 Å². The summed E-state index contributed by atoms with van der Waals surface area (Å²) in [6, 6.07) is 6.29. The predicted octanol–water partition coefficient (Wildman–Crippen LogP) is 4.78. The van der Waals surface area contributed by atoms with Crippen LogP contribution < -0.4 is 5.32 Å². The molecule has 0 saturated heterocycles.